The van der Waals surface area contributed by atoms with Crippen molar-refractivity contribution in [1.29, 1.82) is 0 Å². The maximum atomic E-state index is 9.04. The highest BCUT2D eigenvalue weighted by atomic mass is 32.1. The Kier molecular flexibility index (Phi) is 3.88. The first-order valence-electron chi connectivity index (χ1n) is 5.48. The maximum Gasteiger partial charge on any atom is 0.0948 e. The van der Waals surface area contributed by atoms with Crippen molar-refractivity contribution in [3.63, 3.8) is 0 Å². The van der Waals surface area contributed by atoms with Crippen LogP contribution in [-0.4, -0.2) is 26.2 Å². The molecule has 1 unspecified atom stereocenters. The maximum absolute atomic E-state index is 9.04. The Hall–Kier alpha value is -1.24. The predicted molar refractivity (Wildman–Crippen MR) is 66.8 cm³/mol. The number of nitrogens with two attached hydrogens (primary N) is 1. The molecule has 17 heavy (non-hydrogen) atoms. The van der Waals surface area contributed by atoms with Gasteiger partial charge in [0.15, 0.2) is 0 Å². The number of aliphatic hydroxyl groups excluding tert-OH is 1. The Bertz CT molecular complexity index is 479. The quantitative estimate of drug-likeness (QED) is 0.828. The third kappa shape index (κ3) is 2.91. The van der Waals surface area contributed by atoms with E-state index in [9.17, 15) is 0 Å². The van der Waals surface area contributed by atoms with E-state index in [2.05, 4.69) is 15.3 Å². The van der Waals surface area contributed by atoms with E-state index < -0.39 is 0 Å². The van der Waals surface area contributed by atoms with Gasteiger partial charge in [-0.25, -0.2) is 9.97 Å². The summed E-state index contributed by atoms with van der Waals surface area (Å²) in [6.45, 7) is 2.71. The number of imidazole rings is 1. The van der Waals surface area contributed by atoms with Crippen LogP contribution in [0.4, 0.5) is 0 Å². The van der Waals surface area contributed by atoms with Gasteiger partial charge in [-0.05, 0) is 6.92 Å². The molecule has 2 aromatic heterocycles. The van der Waals surface area contributed by atoms with Gasteiger partial charge in [0.05, 0.1) is 35.4 Å². The number of nitrogens with zero attached hydrogens (tertiary/aromatic N) is 3. The number of aromatic nitrogens is 3. The van der Waals surface area contributed by atoms with Gasteiger partial charge < -0.3 is 15.4 Å². The first-order chi connectivity index (χ1) is 8.20. The Labute approximate surface area is 104 Å². The van der Waals surface area contributed by atoms with Crippen molar-refractivity contribution in [1.82, 2.24) is 14.5 Å². The molecule has 6 heteroatoms. The van der Waals surface area contributed by atoms with Crippen LogP contribution in [0.25, 0.3) is 0 Å². The molecule has 0 aliphatic carbocycles. The Morgan fingerprint density at radius 3 is 3.06 bits per heavy atom. The molecule has 2 aromatic rings. The van der Waals surface area contributed by atoms with Crippen molar-refractivity contribution < 1.29 is 5.11 Å². The minimum absolute atomic E-state index is 0.0680. The zero-order valence-electron chi connectivity index (χ0n) is 9.71. The number of rotatable bonds is 5. The van der Waals surface area contributed by atoms with E-state index in [0.717, 1.165) is 29.4 Å². The highest BCUT2D eigenvalue weighted by molar-refractivity contribution is 7.09. The molecule has 0 amide bonds. The van der Waals surface area contributed by atoms with Crippen LogP contribution in [0.5, 0.6) is 0 Å². The van der Waals surface area contributed by atoms with Gasteiger partial charge in [0.1, 0.15) is 0 Å². The van der Waals surface area contributed by atoms with Crippen molar-refractivity contribution in [3.8, 4) is 0 Å². The van der Waals surface area contributed by atoms with Crippen LogP contribution in [0.3, 0.4) is 0 Å². The second kappa shape index (κ2) is 5.39. The summed E-state index contributed by atoms with van der Waals surface area (Å²) in [6.07, 6.45) is 4.29. The summed E-state index contributed by atoms with van der Waals surface area (Å²) in [5, 5.41) is 12.2. The highest BCUT2D eigenvalue weighted by Crippen LogP contribution is 2.12. The molecule has 0 bridgehead atoms. The van der Waals surface area contributed by atoms with E-state index in [0.29, 0.717) is 0 Å². The lowest BCUT2D eigenvalue weighted by Crippen LogP contribution is -2.19. The topological polar surface area (TPSA) is 77.0 Å². The van der Waals surface area contributed by atoms with Crippen LogP contribution in [0.15, 0.2) is 17.9 Å². The molecule has 0 fully saturated rings. The minimum Gasteiger partial charge on any atom is -0.394 e. The van der Waals surface area contributed by atoms with E-state index in [1.165, 1.54) is 0 Å². The third-order valence-electron chi connectivity index (χ3n) is 2.60. The number of aryl methyl sites for hydroxylation is 3. The van der Waals surface area contributed by atoms with E-state index in [1.807, 2.05) is 11.5 Å². The van der Waals surface area contributed by atoms with Gasteiger partial charge in [-0.3, -0.25) is 0 Å². The first kappa shape index (κ1) is 12.2. The fourth-order valence-electron chi connectivity index (χ4n) is 1.68. The zero-order valence-corrected chi connectivity index (χ0v) is 10.5. The normalized spacial score (nSPS) is 12.9. The molecular weight excluding hydrogens is 236 g/mol. The van der Waals surface area contributed by atoms with Crippen molar-refractivity contribution in [2.75, 3.05) is 6.61 Å². The monoisotopic (exact) mass is 252 g/mol. The fraction of sp³-hybridized carbons (Fsp3) is 0.455. The summed E-state index contributed by atoms with van der Waals surface area (Å²) >= 11 is 1.66. The van der Waals surface area contributed by atoms with Gasteiger partial charge in [-0.15, -0.1) is 11.3 Å². The predicted octanol–water partition coefficient (Wildman–Crippen LogP) is 0.883. The molecule has 92 valence electrons. The largest absolute Gasteiger partial charge is 0.394 e. The summed E-state index contributed by atoms with van der Waals surface area (Å²) in [4.78, 5) is 8.47. The van der Waals surface area contributed by atoms with Gasteiger partial charge >= 0.3 is 0 Å². The molecule has 1 atom stereocenters. The van der Waals surface area contributed by atoms with Crippen LogP contribution in [0.1, 0.15) is 22.4 Å². The SMILES string of the molecule is Cc1nc(CCn2cncc2C(N)CO)cs1. The Balaban J connectivity index is 2.01. The standard InChI is InChI=1S/C11H16N4OS/c1-8-14-9(6-17-8)2-3-15-7-13-4-11(15)10(12)5-16/h4,6-7,10,16H,2-3,5,12H2,1H3. The van der Waals surface area contributed by atoms with Gasteiger partial charge in [0.25, 0.3) is 0 Å². The van der Waals surface area contributed by atoms with Crippen LogP contribution in [0, 0.1) is 6.92 Å². The van der Waals surface area contributed by atoms with Crippen LogP contribution >= 0.6 is 11.3 Å². The molecule has 2 rings (SSSR count). The second-order valence-electron chi connectivity index (χ2n) is 3.91. The number of thiazole rings is 1. The fourth-order valence-corrected chi connectivity index (χ4v) is 2.33. The molecule has 0 spiro atoms. The first-order valence-corrected chi connectivity index (χ1v) is 6.36. The second-order valence-corrected chi connectivity index (χ2v) is 4.97. The molecule has 0 aliphatic heterocycles. The van der Waals surface area contributed by atoms with E-state index in [4.69, 9.17) is 10.8 Å². The molecule has 5 nitrogen and oxygen atoms in total. The van der Waals surface area contributed by atoms with Crippen LogP contribution < -0.4 is 5.73 Å². The van der Waals surface area contributed by atoms with E-state index in [1.54, 1.807) is 23.9 Å². The smallest absolute Gasteiger partial charge is 0.0948 e. The zero-order chi connectivity index (χ0) is 12.3. The van der Waals surface area contributed by atoms with Crippen molar-refractivity contribution >= 4 is 11.3 Å². The van der Waals surface area contributed by atoms with Crippen molar-refractivity contribution in [2.24, 2.45) is 5.73 Å². The average Bonchev–Trinajstić information content (AvgIpc) is 2.94. The number of hydrogen-bond donors (Lipinski definition) is 2. The summed E-state index contributed by atoms with van der Waals surface area (Å²) < 4.78 is 1.97. The summed E-state index contributed by atoms with van der Waals surface area (Å²) in [5.74, 6) is 0. The number of hydrogen-bond acceptors (Lipinski definition) is 5. The summed E-state index contributed by atoms with van der Waals surface area (Å²) in [6, 6.07) is -0.366. The lowest BCUT2D eigenvalue weighted by Gasteiger charge is -2.11. The summed E-state index contributed by atoms with van der Waals surface area (Å²) in [7, 11) is 0. The minimum atomic E-state index is -0.366. The van der Waals surface area contributed by atoms with Crippen molar-refractivity contribution in [3.05, 3.63) is 34.3 Å². The molecule has 0 aliphatic rings. The molecular formula is C11H16N4OS. The summed E-state index contributed by atoms with van der Waals surface area (Å²) in [5.41, 5.74) is 7.74. The molecule has 0 aromatic carbocycles. The van der Waals surface area contributed by atoms with Crippen LogP contribution in [-0.2, 0) is 13.0 Å². The molecule has 2 heterocycles. The van der Waals surface area contributed by atoms with Gasteiger partial charge in [-0.2, -0.15) is 0 Å². The van der Waals surface area contributed by atoms with E-state index >= 15 is 0 Å². The molecule has 0 radical (unpaired) electrons. The average molecular weight is 252 g/mol. The Morgan fingerprint density at radius 1 is 1.59 bits per heavy atom. The van der Waals surface area contributed by atoms with Crippen LogP contribution in [0.2, 0.25) is 0 Å². The Morgan fingerprint density at radius 2 is 2.41 bits per heavy atom. The highest BCUT2D eigenvalue weighted by Gasteiger charge is 2.10. The van der Waals surface area contributed by atoms with Gasteiger partial charge in [0, 0.05) is 24.5 Å². The molecule has 0 saturated carbocycles. The van der Waals surface area contributed by atoms with E-state index in [-0.39, 0.29) is 12.6 Å². The lowest BCUT2D eigenvalue weighted by atomic mass is 10.2. The number of aliphatic hydroxyl groups is 1. The van der Waals surface area contributed by atoms with Gasteiger partial charge in [-0.1, -0.05) is 0 Å². The lowest BCUT2D eigenvalue weighted by molar-refractivity contribution is 0.263. The molecule has 3 N–H and O–H groups in total. The van der Waals surface area contributed by atoms with Crippen molar-refractivity contribution in [2.45, 2.75) is 25.9 Å². The third-order valence-corrected chi connectivity index (χ3v) is 3.42. The van der Waals surface area contributed by atoms with Gasteiger partial charge in [0.2, 0.25) is 0 Å². The molecule has 0 saturated heterocycles.